The molecule has 2 heterocycles. The molecule has 1 N–H and O–H groups in total. The average molecular weight is 340 g/mol. The monoisotopic (exact) mass is 340 g/mol. The zero-order valence-corrected chi connectivity index (χ0v) is 14.5. The first kappa shape index (κ1) is 16.4. The predicted octanol–water partition coefficient (Wildman–Crippen LogP) is 2.63. The van der Waals surface area contributed by atoms with E-state index in [4.69, 9.17) is 9.15 Å². The minimum absolute atomic E-state index is 0.140. The lowest BCUT2D eigenvalue weighted by Crippen LogP contribution is -2.50. The van der Waals surface area contributed by atoms with E-state index in [1.54, 1.807) is 7.11 Å². The van der Waals surface area contributed by atoms with Gasteiger partial charge in [-0.25, -0.2) is 0 Å². The maximum Gasteiger partial charge on any atom is 0.237 e. The van der Waals surface area contributed by atoms with Gasteiger partial charge in [-0.3, -0.25) is 9.69 Å². The maximum atomic E-state index is 12.8. The molecule has 5 nitrogen and oxygen atoms in total. The van der Waals surface area contributed by atoms with Crippen molar-refractivity contribution in [1.82, 2.24) is 10.2 Å². The second-order valence-electron chi connectivity index (χ2n) is 6.98. The normalized spacial score (nSPS) is 20.3. The first-order valence-corrected chi connectivity index (χ1v) is 8.90. The van der Waals surface area contributed by atoms with Crippen molar-refractivity contribution in [2.45, 2.75) is 51.0 Å². The van der Waals surface area contributed by atoms with Crippen LogP contribution in [0.15, 0.2) is 40.8 Å². The Kier molecular flexibility index (Phi) is 4.59. The van der Waals surface area contributed by atoms with E-state index in [0.717, 1.165) is 37.3 Å². The molecule has 25 heavy (non-hydrogen) atoms. The van der Waals surface area contributed by atoms with Crippen molar-refractivity contribution >= 4 is 5.91 Å². The van der Waals surface area contributed by atoms with Crippen LogP contribution < -0.4 is 5.32 Å². The molecule has 0 radical (unpaired) electrons. The molecule has 2 aliphatic rings. The van der Waals surface area contributed by atoms with E-state index < -0.39 is 0 Å². The molecular formula is C20H24N2O3. The molecule has 1 amide bonds. The molecule has 1 aliphatic carbocycles. The number of nitrogens with zero attached hydrogens (tertiary/aromatic N) is 1. The Morgan fingerprint density at radius 1 is 1.20 bits per heavy atom. The minimum Gasteiger partial charge on any atom is -0.462 e. The van der Waals surface area contributed by atoms with Crippen molar-refractivity contribution < 1.29 is 13.9 Å². The third kappa shape index (κ3) is 3.78. The van der Waals surface area contributed by atoms with Gasteiger partial charge in [0.05, 0.1) is 12.6 Å². The molecule has 1 aromatic carbocycles. The number of benzene rings is 1. The maximum absolute atomic E-state index is 12.8. The first-order valence-electron chi connectivity index (χ1n) is 8.90. The lowest BCUT2D eigenvalue weighted by Gasteiger charge is -2.35. The molecule has 1 saturated carbocycles. The molecule has 1 atom stereocenters. The van der Waals surface area contributed by atoms with Gasteiger partial charge in [-0.15, -0.1) is 0 Å². The summed E-state index contributed by atoms with van der Waals surface area (Å²) in [6, 6.07) is 12.5. The van der Waals surface area contributed by atoms with Gasteiger partial charge in [0.2, 0.25) is 5.91 Å². The fraction of sp³-hybridized carbons (Fsp3) is 0.450. The van der Waals surface area contributed by atoms with Crippen molar-refractivity contribution in [2.75, 3.05) is 7.11 Å². The molecular weight excluding hydrogens is 316 g/mol. The predicted molar refractivity (Wildman–Crippen MR) is 93.8 cm³/mol. The molecule has 1 fully saturated rings. The third-order valence-electron chi connectivity index (χ3n) is 4.94. The topological polar surface area (TPSA) is 54.7 Å². The summed E-state index contributed by atoms with van der Waals surface area (Å²) in [6.45, 7) is 1.86. The number of carbonyl (C=O) groups excluding carboxylic acids is 1. The van der Waals surface area contributed by atoms with Crippen LogP contribution in [0.5, 0.6) is 0 Å². The molecule has 132 valence electrons. The van der Waals surface area contributed by atoms with Crippen LogP contribution in [0.4, 0.5) is 0 Å². The number of methoxy groups -OCH3 is 1. The van der Waals surface area contributed by atoms with Crippen molar-refractivity contribution in [3.8, 4) is 0 Å². The van der Waals surface area contributed by atoms with Crippen LogP contribution in [0.1, 0.15) is 35.5 Å². The van der Waals surface area contributed by atoms with Gasteiger partial charge in [0.25, 0.3) is 0 Å². The van der Waals surface area contributed by atoms with Gasteiger partial charge in [0.15, 0.2) is 0 Å². The van der Waals surface area contributed by atoms with Gasteiger partial charge in [-0.1, -0.05) is 24.3 Å². The number of amides is 1. The summed E-state index contributed by atoms with van der Waals surface area (Å²) in [5.41, 5.74) is 2.57. The summed E-state index contributed by atoms with van der Waals surface area (Å²) >= 11 is 0. The Hall–Kier alpha value is -2.11. The van der Waals surface area contributed by atoms with E-state index in [1.807, 2.05) is 18.2 Å². The number of furan rings is 1. The number of fused-ring (bicyclic) bond motifs is 1. The number of hydrogen-bond donors (Lipinski definition) is 1. The number of carbonyl (C=O) groups is 1. The summed E-state index contributed by atoms with van der Waals surface area (Å²) in [6.07, 6.45) is 2.96. The van der Waals surface area contributed by atoms with Gasteiger partial charge in [-0.05, 0) is 42.5 Å². The number of rotatable bonds is 6. The number of nitrogens with one attached hydrogen (secondary N) is 1. The molecule has 0 spiro atoms. The molecule has 0 unspecified atom stereocenters. The summed E-state index contributed by atoms with van der Waals surface area (Å²) < 4.78 is 11.0. The molecule has 1 aliphatic heterocycles. The fourth-order valence-electron chi connectivity index (χ4n) is 3.45. The molecule has 0 bridgehead atoms. The lowest BCUT2D eigenvalue weighted by atomic mass is 9.93. The summed E-state index contributed by atoms with van der Waals surface area (Å²) in [4.78, 5) is 15.0. The smallest absolute Gasteiger partial charge is 0.237 e. The summed E-state index contributed by atoms with van der Waals surface area (Å²) in [5, 5.41) is 3.16. The number of hydrogen-bond acceptors (Lipinski definition) is 4. The van der Waals surface area contributed by atoms with Gasteiger partial charge >= 0.3 is 0 Å². The standard InChI is InChI=1S/C20H24N2O3/c1-24-13-18-9-8-17(25-18)12-22-11-15-5-3-2-4-14(15)10-19(22)20(23)21-16-6-7-16/h2-5,8-9,16,19H,6-7,10-13H2,1H3,(H,21,23)/t19-/m0/s1. The second kappa shape index (κ2) is 7.02. The summed E-state index contributed by atoms with van der Waals surface area (Å²) in [7, 11) is 1.65. The Balaban J connectivity index is 1.53. The average Bonchev–Trinajstić information content (AvgIpc) is 3.32. The van der Waals surface area contributed by atoms with E-state index in [0.29, 0.717) is 19.2 Å². The van der Waals surface area contributed by atoms with Crippen molar-refractivity contribution in [2.24, 2.45) is 0 Å². The zero-order chi connectivity index (χ0) is 17.2. The molecule has 0 saturated heterocycles. The molecule has 1 aromatic heterocycles. The molecule has 5 heteroatoms. The van der Waals surface area contributed by atoms with Crippen molar-refractivity contribution in [3.63, 3.8) is 0 Å². The van der Waals surface area contributed by atoms with E-state index in [9.17, 15) is 4.79 Å². The Morgan fingerprint density at radius 3 is 2.72 bits per heavy atom. The van der Waals surface area contributed by atoms with Crippen LogP contribution in [-0.4, -0.2) is 30.0 Å². The van der Waals surface area contributed by atoms with E-state index >= 15 is 0 Å². The highest BCUT2D eigenvalue weighted by molar-refractivity contribution is 5.83. The van der Waals surface area contributed by atoms with Crippen molar-refractivity contribution in [1.29, 1.82) is 0 Å². The quantitative estimate of drug-likeness (QED) is 0.878. The third-order valence-corrected chi connectivity index (χ3v) is 4.94. The zero-order valence-electron chi connectivity index (χ0n) is 14.5. The van der Waals surface area contributed by atoms with Crippen LogP contribution in [0.25, 0.3) is 0 Å². The fourth-order valence-corrected chi connectivity index (χ4v) is 3.45. The Morgan fingerprint density at radius 2 is 1.96 bits per heavy atom. The van der Waals surface area contributed by atoms with E-state index in [-0.39, 0.29) is 11.9 Å². The summed E-state index contributed by atoms with van der Waals surface area (Å²) in [5.74, 6) is 1.82. The first-order chi connectivity index (χ1) is 12.2. The van der Waals surface area contributed by atoms with Gasteiger partial charge in [0, 0.05) is 19.7 Å². The highest BCUT2D eigenvalue weighted by Crippen LogP contribution is 2.27. The minimum atomic E-state index is -0.147. The van der Waals surface area contributed by atoms with Gasteiger partial charge in [0.1, 0.15) is 18.1 Å². The Bertz CT molecular complexity index is 751. The lowest BCUT2D eigenvalue weighted by molar-refractivity contribution is -0.127. The van der Waals surface area contributed by atoms with Crippen LogP contribution in [0, 0.1) is 0 Å². The van der Waals surface area contributed by atoms with Crippen LogP contribution >= 0.6 is 0 Å². The highest BCUT2D eigenvalue weighted by Gasteiger charge is 2.34. The van der Waals surface area contributed by atoms with E-state index in [1.165, 1.54) is 11.1 Å². The van der Waals surface area contributed by atoms with E-state index in [2.05, 4.69) is 28.4 Å². The largest absolute Gasteiger partial charge is 0.462 e. The van der Waals surface area contributed by atoms with Crippen LogP contribution in [-0.2, 0) is 35.6 Å². The van der Waals surface area contributed by atoms with Crippen LogP contribution in [0.2, 0.25) is 0 Å². The molecule has 4 rings (SSSR count). The second-order valence-corrected chi connectivity index (χ2v) is 6.98. The highest BCUT2D eigenvalue weighted by atomic mass is 16.5. The van der Waals surface area contributed by atoms with Crippen molar-refractivity contribution in [3.05, 3.63) is 59.0 Å². The van der Waals surface area contributed by atoms with Crippen LogP contribution in [0.3, 0.4) is 0 Å². The van der Waals surface area contributed by atoms with Gasteiger partial charge in [-0.2, -0.15) is 0 Å². The Labute approximate surface area is 148 Å². The SMILES string of the molecule is COCc1ccc(CN2Cc3ccccc3C[C@H]2C(=O)NC2CC2)o1. The molecule has 2 aromatic rings. The van der Waals surface area contributed by atoms with Gasteiger partial charge < -0.3 is 14.5 Å². The number of ether oxygens (including phenoxy) is 1.